The van der Waals surface area contributed by atoms with Gasteiger partial charge in [0, 0.05) is 18.6 Å². The van der Waals surface area contributed by atoms with E-state index in [9.17, 15) is 13.8 Å². The van der Waals surface area contributed by atoms with E-state index in [2.05, 4.69) is 50.7 Å². The van der Waals surface area contributed by atoms with Crippen molar-refractivity contribution >= 4 is 49.0 Å². The third-order valence-electron chi connectivity index (χ3n) is 3.13. The number of hydrogen-bond donors (Lipinski definition) is 5. The third-order valence-corrected chi connectivity index (χ3v) is 5.27. The second kappa shape index (κ2) is 9.43. The number of aromatic nitrogens is 2. The summed E-state index contributed by atoms with van der Waals surface area (Å²) in [6.07, 6.45) is 1.34. The Morgan fingerprint density at radius 1 is 1.46 bits per heavy atom. The summed E-state index contributed by atoms with van der Waals surface area (Å²) in [5, 5.41) is 30.6. The molecule has 2 rings (SSSR count). The second-order valence-electron chi connectivity index (χ2n) is 5.27. The summed E-state index contributed by atoms with van der Waals surface area (Å²) in [5.74, 6) is -0.968. The molecule has 28 heavy (non-hydrogen) atoms. The first-order valence-electron chi connectivity index (χ1n) is 7.43. The number of anilines is 1. The minimum Gasteiger partial charge on any atom is -0.408 e. The van der Waals surface area contributed by atoms with Gasteiger partial charge in [-0.25, -0.2) is 18.2 Å². The number of rotatable bonds is 6. The summed E-state index contributed by atoms with van der Waals surface area (Å²) in [6.45, 7) is 0.111. The summed E-state index contributed by atoms with van der Waals surface area (Å²) in [6, 6.07) is 3.98. The van der Waals surface area contributed by atoms with Gasteiger partial charge in [-0.2, -0.15) is 4.36 Å². The number of benzene rings is 1. The molecule has 1 unspecified atom stereocenters. The summed E-state index contributed by atoms with van der Waals surface area (Å²) < 4.78 is 34.0. The summed E-state index contributed by atoms with van der Waals surface area (Å²) in [5.41, 5.74) is 7.43. The van der Waals surface area contributed by atoms with Crippen LogP contribution in [0.15, 0.2) is 41.8 Å². The van der Waals surface area contributed by atoms with Crippen molar-refractivity contribution in [2.24, 2.45) is 20.2 Å². The quantitative estimate of drug-likeness (QED) is 0.176. The molecule has 1 aromatic carbocycles. The van der Waals surface area contributed by atoms with Gasteiger partial charge in [0.2, 0.25) is 5.82 Å². The molecular formula is C13H16BrFN8O4S. The van der Waals surface area contributed by atoms with Crippen molar-refractivity contribution in [3.05, 3.63) is 34.2 Å². The van der Waals surface area contributed by atoms with Crippen LogP contribution in [-0.4, -0.2) is 55.3 Å². The highest BCUT2D eigenvalue weighted by Gasteiger charge is 2.17. The van der Waals surface area contributed by atoms with Crippen molar-refractivity contribution in [3.8, 4) is 0 Å². The van der Waals surface area contributed by atoms with Crippen LogP contribution in [0.3, 0.4) is 0 Å². The lowest BCUT2D eigenvalue weighted by atomic mass is 10.3. The van der Waals surface area contributed by atoms with Crippen LogP contribution in [0, 0.1) is 5.82 Å². The predicted molar refractivity (Wildman–Crippen MR) is 103 cm³/mol. The molecule has 1 heterocycles. The van der Waals surface area contributed by atoms with Crippen LogP contribution in [0.1, 0.15) is 5.69 Å². The van der Waals surface area contributed by atoms with E-state index in [4.69, 9.17) is 10.9 Å². The first kappa shape index (κ1) is 21.5. The Hall–Kier alpha value is -2.78. The zero-order valence-electron chi connectivity index (χ0n) is 14.3. The molecule has 0 aliphatic carbocycles. The van der Waals surface area contributed by atoms with E-state index in [0.717, 1.165) is 0 Å². The zero-order valence-corrected chi connectivity index (χ0v) is 16.7. The molecule has 0 radical (unpaired) electrons. The molecule has 0 amide bonds. The summed E-state index contributed by atoms with van der Waals surface area (Å²) in [7, 11) is -2.76. The number of hydrogen-bond acceptors (Lipinski definition) is 9. The molecule has 0 spiro atoms. The number of nitrogens with two attached hydrogens (primary N) is 1. The Balaban J connectivity index is 2.17. The van der Waals surface area contributed by atoms with Gasteiger partial charge in [0.05, 0.1) is 19.9 Å². The highest BCUT2D eigenvalue weighted by molar-refractivity contribution is 9.10. The molecule has 15 heteroatoms. The van der Waals surface area contributed by atoms with Crippen LogP contribution < -0.4 is 16.5 Å². The van der Waals surface area contributed by atoms with E-state index in [0.29, 0.717) is 5.69 Å². The highest BCUT2D eigenvalue weighted by Crippen LogP contribution is 2.23. The fraction of sp³-hybridized carbons (Fsp3) is 0.231. The summed E-state index contributed by atoms with van der Waals surface area (Å²) >= 11 is 3.04. The van der Waals surface area contributed by atoms with Gasteiger partial charge in [-0.05, 0) is 49.6 Å². The molecular weight excluding hydrogens is 463 g/mol. The van der Waals surface area contributed by atoms with Crippen molar-refractivity contribution in [2.75, 3.05) is 23.9 Å². The topological polar surface area (TPSA) is 184 Å². The van der Waals surface area contributed by atoms with Crippen molar-refractivity contribution < 1.29 is 23.6 Å². The monoisotopic (exact) mass is 478 g/mol. The minimum atomic E-state index is -2.76. The van der Waals surface area contributed by atoms with Crippen molar-refractivity contribution in [3.63, 3.8) is 0 Å². The fourth-order valence-corrected chi connectivity index (χ4v) is 3.27. The van der Waals surface area contributed by atoms with Crippen LogP contribution in [0.2, 0.25) is 0 Å². The van der Waals surface area contributed by atoms with Crippen LogP contribution in [-0.2, 0) is 9.73 Å². The van der Waals surface area contributed by atoms with Gasteiger partial charge in [-0.3, -0.25) is 10.7 Å². The molecule has 1 atom stereocenters. The number of oxime groups is 1. The Kier molecular flexibility index (Phi) is 7.24. The normalized spacial score (nSPS) is 14.4. The molecule has 1 aromatic heterocycles. The van der Waals surface area contributed by atoms with Gasteiger partial charge < -0.3 is 16.3 Å². The molecule has 0 fully saturated rings. The Bertz CT molecular complexity index is 1020. The number of aliphatic imine (C=N–C) groups is 1. The number of amidine groups is 1. The third kappa shape index (κ3) is 5.86. The molecule has 0 aliphatic heterocycles. The van der Waals surface area contributed by atoms with Gasteiger partial charge in [-0.15, -0.1) is 0 Å². The van der Waals surface area contributed by atoms with E-state index in [1.807, 2.05) is 5.48 Å². The molecule has 152 valence electrons. The van der Waals surface area contributed by atoms with E-state index < -0.39 is 21.5 Å². The number of nitrogens with zero attached hydrogens (tertiary/aromatic N) is 5. The zero-order chi connectivity index (χ0) is 20.7. The lowest BCUT2D eigenvalue weighted by Gasteiger charge is -2.07. The largest absolute Gasteiger partial charge is 0.408 e. The Morgan fingerprint density at radius 2 is 2.21 bits per heavy atom. The van der Waals surface area contributed by atoms with Crippen LogP contribution in [0.5, 0.6) is 0 Å². The van der Waals surface area contributed by atoms with Gasteiger partial charge in [0.25, 0.3) is 5.96 Å². The lowest BCUT2D eigenvalue weighted by molar-refractivity contribution is 0.234. The van der Waals surface area contributed by atoms with Gasteiger partial charge in [0.15, 0.2) is 11.5 Å². The van der Waals surface area contributed by atoms with Gasteiger partial charge >= 0.3 is 0 Å². The SMILES string of the molecule is CS(=O)(CCNc1nonc1C(=Nc1ccc(F)c(Br)c1)NO)=N/C(N)=N/O. The van der Waals surface area contributed by atoms with Gasteiger partial charge in [0.1, 0.15) is 5.82 Å². The molecule has 0 saturated heterocycles. The molecule has 0 saturated carbocycles. The average molecular weight is 479 g/mol. The Labute approximate surface area is 166 Å². The minimum absolute atomic E-state index is 0.0268. The number of guanidine groups is 1. The maximum absolute atomic E-state index is 13.3. The standard InChI is InChI=1S/C13H16BrFN8O4S/c1-28(26,23-13(16)20-25)5-4-17-11-10(21-27-22-11)12(19-24)18-7-2-3-9(15)8(14)6-7/h2-3,6,24-25H,4-5H2,1H3,(H2,16,20)(H,17,22)(H,18,19). The van der Waals surface area contributed by atoms with E-state index >= 15 is 0 Å². The number of hydroxylamine groups is 1. The molecule has 0 aliphatic rings. The summed E-state index contributed by atoms with van der Waals surface area (Å²) in [4.78, 5) is 4.11. The Morgan fingerprint density at radius 3 is 2.86 bits per heavy atom. The number of halogens is 2. The van der Waals surface area contributed by atoms with Crippen molar-refractivity contribution in [1.29, 1.82) is 0 Å². The van der Waals surface area contributed by atoms with Crippen LogP contribution in [0.4, 0.5) is 15.9 Å². The maximum Gasteiger partial charge on any atom is 0.265 e. The second-order valence-corrected chi connectivity index (χ2v) is 8.64. The average Bonchev–Trinajstić information content (AvgIpc) is 3.10. The smallest absolute Gasteiger partial charge is 0.265 e. The molecule has 0 bridgehead atoms. The predicted octanol–water partition coefficient (Wildman–Crippen LogP) is 1.24. The highest BCUT2D eigenvalue weighted by atomic mass is 79.9. The molecule has 6 N–H and O–H groups in total. The van der Waals surface area contributed by atoms with E-state index in [1.165, 1.54) is 24.5 Å². The van der Waals surface area contributed by atoms with Crippen LogP contribution >= 0.6 is 15.9 Å². The van der Waals surface area contributed by atoms with E-state index in [1.54, 1.807) is 0 Å². The molecule has 2 aromatic rings. The van der Waals surface area contributed by atoms with Crippen LogP contribution in [0.25, 0.3) is 0 Å². The maximum atomic E-state index is 13.3. The van der Waals surface area contributed by atoms with E-state index in [-0.39, 0.29) is 34.1 Å². The first-order chi connectivity index (χ1) is 13.3. The molecule has 12 nitrogen and oxygen atoms in total. The number of nitrogens with one attached hydrogen (secondary N) is 2. The fourth-order valence-electron chi connectivity index (χ4n) is 1.90. The van der Waals surface area contributed by atoms with Crippen molar-refractivity contribution in [1.82, 2.24) is 15.8 Å². The van der Waals surface area contributed by atoms with Gasteiger partial charge in [-0.1, -0.05) is 0 Å². The first-order valence-corrected chi connectivity index (χ1v) is 10.3. The van der Waals surface area contributed by atoms with Crippen molar-refractivity contribution in [2.45, 2.75) is 0 Å². The lowest BCUT2D eigenvalue weighted by Crippen LogP contribution is -2.23.